The van der Waals surface area contributed by atoms with Crippen molar-refractivity contribution in [2.24, 2.45) is 5.92 Å². The fourth-order valence-electron chi connectivity index (χ4n) is 3.41. The summed E-state index contributed by atoms with van der Waals surface area (Å²) < 4.78 is 0. The van der Waals surface area contributed by atoms with E-state index in [1.54, 1.807) is 13.8 Å². The minimum atomic E-state index is -0.995. The van der Waals surface area contributed by atoms with E-state index in [9.17, 15) is 14.7 Å². The molecule has 4 nitrogen and oxygen atoms in total. The van der Waals surface area contributed by atoms with Crippen LogP contribution in [0.15, 0.2) is 48.5 Å². The Morgan fingerprint density at radius 2 is 1.50 bits per heavy atom. The number of hydrogen-bond donors (Lipinski definition) is 2. The fraction of sp³-hybridized carbons (Fsp3) is 0.300. The van der Waals surface area contributed by atoms with E-state index in [0.717, 1.165) is 22.3 Å². The summed E-state index contributed by atoms with van der Waals surface area (Å²) in [7, 11) is 0. The number of hydrogen-bond acceptors (Lipinski definition) is 2. The maximum atomic E-state index is 12.5. The maximum Gasteiger partial charge on any atom is 0.326 e. The first-order valence-electron chi connectivity index (χ1n) is 8.19. The molecular formula is C20H21NO3. The van der Waals surface area contributed by atoms with Crippen molar-refractivity contribution in [2.75, 3.05) is 0 Å². The molecule has 0 bridgehead atoms. The third-order valence-electron chi connectivity index (χ3n) is 4.60. The van der Waals surface area contributed by atoms with Crippen molar-refractivity contribution in [3.63, 3.8) is 0 Å². The Morgan fingerprint density at radius 1 is 1.00 bits per heavy atom. The van der Waals surface area contributed by atoms with E-state index in [-0.39, 0.29) is 24.2 Å². The largest absolute Gasteiger partial charge is 0.480 e. The van der Waals surface area contributed by atoms with Gasteiger partial charge in [-0.15, -0.1) is 0 Å². The van der Waals surface area contributed by atoms with Crippen LogP contribution in [-0.2, 0) is 9.59 Å². The van der Waals surface area contributed by atoms with Crippen molar-refractivity contribution < 1.29 is 14.7 Å². The Bertz CT molecular complexity index is 736. The molecule has 1 atom stereocenters. The van der Waals surface area contributed by atoms with Crippen molar-refractivity contribution in [3.05, 3.63) is 59.7 Å². The summed E-state index contributed by atoms with van der Waals surface area (Å²) >= 11 is 0. The molecule has 0 saturated heterocycles. The predicted octanol–water partition coefficient (Wildman–Crippen LogP) is 3.41. The first-order valence-corrected chi connectivity index (χ1v) is 8.19. The summed E-state index contributed by atoms with van der Waals surface area (Å²) in [6.45, 7) is 3.58. The summed E-state index contributed by atoms with van der Waals surface area (Å²) in [6.07, 6.45) is 0.254. The van der Waals surface area contributed by atoms with Crippen LogP contribution in [0, 0.1) is 5.92 Å². The molecule has 2 aromatic carbocycles. The summed E-state index contributed by atoms with van der Waals surface area (Å²) in [6, 6.07) is 15.3. The average molecular weight is 323 g/mol. The summed E-state index contributed by atoms with van der Waals surface area (Å²) in [5, 5.41) is 11.9. The number of carboxylic acid groups (broad SMARTS) is 1. The van der Waals surface area contributed by atoms with Crippen molar-refractivity contribution in [2.45, 2.75) is 32.2 Å². The zero-order chi connectivity index (χ0) is 17.3. The second kappa shape index (κ2) is 6.48. The van der Waals surface area contributed by atoms with Crippen LogP contribution in [0.2, 0.25) is 0 Å². The summed E-state index contributed by atoms with van der Waals surface area (Å²) in [4.78, 5) is 23.8. The highest BCUT2D eigenvalue weighted by Gasteiger charge is 2.31. The first kappa shape index (κ1) is 16.2. The minimum absolute atomic E-state index is 0.0287. The van der Waals surface area contributed by atoms with Crippen LogP contribution < -0.4 is 5.32 Å². The molecule has 1 aliphatic rings. The van der Waals surface area contributed by atoms with Crippen LogP contribution in [0.5, 0.6) is 0 Å². The van der Waals surface area contributed by atoms with Gasteiger partial charge in [0, 0.05) is 12.3 Å². The van der Waals surface area contributed by atoms with Gasteiger partial charge in [-0.05, 0) is 28.2 Å². The van der Waals surface area contributed by atoms with Crippen LogP contribution >= 0.6 is 0 Å². The molecule has 0 aromatic heterocycles. The number of benzene rings is 2. The van der Waals surface area contributed by atoms with Gasteiger partial charge in [-0.25, -0.2) is 4.79 Å². The average Bonchev–Trinajstić information content (AvgIpc) is 2.87. The molecular weight excluding hydrogens is 302 g/mol. The fourth-order valence-corrected chi connectivity index (χ4v) is 3.41. The van der Waals surface area contributed by atoms with E-state index in [2.05, 4.69) is 17.4 Å². The Balaban J connectivity index is 1.85. The van der Waals surface area contributed by atoms with Gasteiger partial charge >= 0.3 is 5.97 Å². The number of aliphatic carboxylic acids is 1. The van der Waals surface area contributed by atoms with E-state index >= 15 is 0 Å². The van der Waals surface area contributed by atoms with Gasteiger partial charge in [-0.3, -0.25) is 4.79 Å². The molecule has 0 radical (unpaired) electrons. The van der Waals surface area contributed by atoms with Gasteiger partial charge in [0.1, 0.15) is 6.04 Å². The number of carbonyl (C=O) groups excluding carboxylic acids is 1. The highest BCUT2D eigenvalue weighted by atomic mass is 16.4. The minimum Gasteiger partial charge on any atom is -0.480 e. The molecule has 0 spiro atoms. The second-order valence-corrected chi connectivity index (χ2v) is 6.56. The van der Waals surface area contributed by atoms with Gasteiger partial charge in [-0.2, -0.15) is 0 Å². The predicted molar refractivity (Wildman–Crippen MR) is 92.7 cm³/mol. The lowest BCUT2D eigenvalue weighted by molar-refractivity contribution is -0.143. The van der Waals surface area contributed by atoms with Crippen LogP contribution in [0.4, 0.5) is 0 Å². The smallest absolute Gasteiger partial charge is 0.326 e. The zero-order valence-corrected chi connectivity index (χ0v) is 13.8. The summed E-state index contributed by atoms with van der Waals surface area (Å²) in [5.74, 6) is -1.41. The molecule has 0 fully saturated rings. The lowest BCUT2D eigenvalue weighted by Crippen LogP contribution is -2.44. The Morgan fingerprint density at radius 3 is 1.96 bits per heavy atom. The maximum absolute atomic E-state index is 12.5. The van der Waals surface area contributed by atoms with Crippen molar-refractivity contribution in [1.82, 2.24) is 5.32 Å². The first-order chi connectivity index (χ1) is 11.5. The number of fused-ring (bicyclic) bond motifs is 3. The van der Waals surface area contributed by atoms with E-state index in [1.807, 2.05) is 36.4 Å². The lowest BCUT2D eigenvalue weighted by atomic mass is 9.93. The van der Waals surface area contributed by atoms with Gasteiger partial charge < -0.3 is 10.4 Å². The number of rotatable bonds is 5. The van der Waals surface area contributed by atoms with Crippen molar-refractivity contribution in [3.8, 4) is 11.1 Å². The molecule has 1 aliphatic carbocycles. The third-order valence-corrected chi connectivity index (χ3v) is 4.60. The highest BCUT2D eigenvalue weighted by molar-refractivity contribution is 5.87. The lowest BCUT2D eigenvalue weighted by Gasteiger charge is -2.20. The van der Waals surface area contributed by atoms with Crippen molar-refractivity contribution >= 4 is 11.9 Å². The number of carboxylic acids is 1. The topological polar surface area (TPSA) is 66.4 Å². The van der Waals surface area contributed by atoms with Gasteiger partial charge in [0.2, 0.25) is 5.91 Å². The Hall–Kier alpha value is -2.62. The molecule has 0 heterocycles. The molecule has 2 aromatic rings. The van der Waals surface area contributed by atoms with E-state index in [4.69, 9.17) is 0 Å². The van der Waals surface area contributed by atoms with Crippen LogP contribution in [0.3, 0.4) is 0 Å². The number of amides is 1. The molecule has 1 amide bonds. The van der Waals surface area contributed by atoms with Gasteiger partial charge in [0.05, 0.1) is 0 Å². The van der Waals surface area contributed by atoms with E-state index < -0.39 is 12.0 Å². The molecule has 0 saturated carbocycles. The number of nitrogens with one attached hydrogen (secondary N) is 1. The Kier molecular flexibility index (Phi) is 4.38. The quantitative estimate of drug-likeness (QED) is 0.886. The monoisotopic (exact) mass is 323 g/mol. The number of carbonyl (C=O) groups is 2. The normalized spacial score (nSPS) is 14.1. The zero-order valence-electron chi connectivity index (χ0n) is 13.8. The van der Waals surface area contributed by atoms with E-state index in [1.165, 1.54) is 0 Å². The van der Waals surface area contributed by atoms with Gasteiger partial charge in [-0.1, -0.05) is 62.4 Å². The SMILES string of the molecule is CC(C)[C@H](NC(=O)CC1c2ccccc2-c2ccccc21)C(=O)O. The standard InChI is InChI=1S/C20H21NO3/c1-12(2)19(20(23)24)21-18(22)11-17-15-9-5-3-7-13(15)14-8-4-6-10-16(14)17/h3-10,12,17,19H,11H2,1-2H3,(H,21,22)(H,23,24)/t19-/m0/s1. The summed E-state index contributed by atoms with van der Waals surface area (Å²) in [5.41, 5.74) is 4.57. The Labute approximate surface area is 141 Å². The highest BCUT2D eigenvalue weighted by Crippen LogP contribution is 2.45. The molecule has 24 heavy (non-hydrogen) atoms. The molecule has 0 unspecified atom stereocenters. The molecule has 2 N–H and O–H groups in total. The van der Waals surface area contributed by atoms with E-state index in [0.29, 0.717) is 0 Å². The van der Waals surface area contributed by atoms with Gasteiger partial charge in [0.15, 0.2) is 0 Å². The molecule has 0 aliphatic heterocycles. The van der Waals surface area contributed by atoms with Crippen LogP contribution in [0.1, 0.15) is 37.3 Å². The molecule has 3 rings (SSSR count). The second-order valence-electron chi connectivity index (χ2n) is 6.56. The third kappa shape index (κ3) is 2.92. The molecule has 4 heteroatoms. The van der Waals surface area contributed by atoms with Crippen LogP contribution in [-0.4, -0.2) is 23.0 Å². The van der Waals surface area contributed by atoms with Crippen LogP contribution in [0.25, 0.3) is 11.1 Å². The molecule has 124 valence electrons. The van der Waals surface area contributed by atoms with Crippen molar-refractivity contribution in [1.29, 1.82) is 0 Å². The van der Waals surface area contributed by atoms with Gasteiger partial charge in [0.25, 0.3) is 0 Å².